The van der Waals surface area contributed by atoms with Crippen molar-refractivity contribution < 1.29 is 0 Å². The minimum absolute atomic E-state index is 0.913. The zero-order chi connectivity index (χ0) is 13.6. The monoisotopic (exact) mass is 292 g/mol. The molecule has 1 aliphatic heterocycles. The van der Waals surface area contributed by atoms with Gasteiger partial charge in [-0.25, -0.2) is 0 Å². The number of nitrogens with one attached hydrogen (secondary N) is 1. The van der Waals surface area contributed by atoms with Crippen LogP contribution in [-0.2, 0) is 6.42 Å². The maximum atomic E-state index is 3.63. The molecule has 0 radical (unpaired) electrons. The van der Waals surface area contributed by atoms with E-state index in [1.165, 1.54) is 63.6 Å². The molecule has 2 nitrogen and oxygen atoms in total. The van der Waals surface area contributed by atoms with Crippen molar-refractivity contribution in [1.29, 1.82) is 0 Å². The number of hydrogen-bond acceptors (Lipinski definition) is 3. The van der Waals surface area contributed by atoms with Gasteiger partial charge in [0, 0.05) is 19.1 Å². The zero-order valence-corrected chi connectivity index (χ0v) is 13.3. The second-order valence-electron chi connectivity index (χ2n) is 6.42. The van der Waals surface area contributed by atoms with Crippen molar-refractivity contribution in [2.24, 2.45) is 5.92 Å². The number of thiophene rings is 1. The molecule has 2 atom stereocenters. The average Bonchev–Trinajstić information content (AvgIpc) is 3.00. The summed E-state index contributed by atoms with van der Waals surface area (Å²) in [4.78, 5) is 2.78. The van der Waals surface area contributed by atoms with E-state index < -0.39 is 0 Å². The Bertz CT molecular complexity index is 374. The van der Waals surface area contributed by atoms with Crippen molar-refractivity contribution >= 4 is 11.3 Å². The maximum Gasteiger partial charge on any atom is 0.0124 e. The summed E-state index contributed by atoms with van der Waals surface area (Å²) in [6, 6.07) is 3.15. The molecule has 0 spiro atoms. The van der Waals surface area contributed by atoms with Gasteiger partial charge >= 0.3 is 0 Å². The molecule has 2 aliphatic rings. The van der Waals surface area contributed by atoms with E-state index in [1.54, 1.807) is 11.3 Å². The molecule has 2 heterocycles. The Morgan fingerprint density at radius 1 is 1.15 bits per heavy atom. The summed E-state index contributed by atoms with van der Waals surface area (Å²) in [6.07, 6.45) is 9.99. The molecule has 3 rings (SSSR count). The minimum atomic E-state index is 0.913. The molecule has 1 saturated carbocycles. The summed E-state index contributed by atoms with van der Waals surface area (Å²) >= 11 is 1.80. The normalized spacial score (nSPS) is 27.4. The molecule has 3 heteroatoms. The molecule has 0 aromatic carbocycles. The van der Waals surface area contributed by atoms with Crippen LogP contribution in [0.15, 0.2) is 16.8 Å². The Labute approximate surface area is 127 Å². The first kappa shape index (κ1) is 14.6. The summed E-state index contributed by atoms with van der Waals surface area (Å²) in [6.45, 7) is 4.88. The van der Waals surface area contributed by atoms with Crippen molar-refractivity contribution in [1.82, 2.24) is 10.2 Å². The Hall–Kier alpha value is -0.380. The van der Waals surface area contributed by atoms with Crippen LogP contribution in [0.25, 0.3) is 0 Å². The lowest BCUT2D eigenvalue weighted by molar-refractivity contribution is 0.0619. The number of fused-ring (bicyclic) bond motifs is 1. The highest BCUT2D eigenvalue weighted by atomic mass is 32.1. The van der Waals surface area contributed by atoms with Gasteiger partial charge in [0.15, 0.2) is 0 Å². The van der Waals surface area contributed by atoms with Gasteiger partial charge in [-0.05, 0) is 73.5 Å². The molecular weight excluding hydrogens is 264 g/mol. The fourth-order valence-electron chi connectivity index (χ4n) is 4.02. The van der Waals surface area contributed by atoms with Crippen LogP contribution in [0.4, 0.5) is 0 Å². The van der Waals surface area contributed by atoms with Crippen molar-refractivity contribution in [3.8, 4) is 0 Å². The van der Waals surface area contributed by atoms with E-state index in [0.717, 1.165) is 25.0 Å². The van der Waals surface area contributed by atoms with E-state index in [0.29, 0.717) is 0 Å². The summed E-state index contributed by atoms with van der Waals surface area (Å²) in [5.74, 6) is 1.02. The third-order valence-electron chi connectivity index (χ3n) is 5.10. The quantitative estimate of drug-likeness (QED) is 0.807. The number of piperidine rings is 1. The third kappa shape index (κ3) is 3.84. The fourth-order valence-corrected chi connectivity index (χ4v) is 4.72. The topological polar surface area (TPSA) is 15.3 Å². The first-order chi connectivity index (χ1) is 9.93. The minimum Gasteiger partial charge on any atom is -0.315 e. The molecule has 1 aromatic rings. The van der Waals surface area contributed by atoms with Gasteiger partial charge in [0.25, 0.3) is 0 Å². The standard InChI is InChI=1S/C17H28N2S/c1-2-6-17-16(4-1)5-3-11-19(17)12-10-18-9-7-15-8-13-20-14-15/h8,13-14,16-18H,1-7,9-12H2. The number of rotatable bonds is 6. The average molecular weight is 292 g/mol. The lowest BCUT2D eigenvalue weighted by atomic mass is 9.78. The van der Waals surface area contributed by atoms with Crippen LogP contribution in [-0.4, -0.2) is 37.1 Å². The first-order valence-corrected chi connectivity index (χ1v) is 9.33. The highest BCUT2D eigenvalue weighted by molar-refractivity contribution is 7.07. The van der Waals surface area contributed by atoms with Crippen LogP contribution in [0.2, 0.25) is 0 Å². The predicted octanol–water partition coefficient (Wildman–Crippen LogP) is 3.53. The van der Waals surface area contributed by atoms with Gasteiger partial charge in [0.1, 0.15) is 0 Å². The highest BCUT2D eigenvalue weighted by Gasteiger charge is 2.32. The van der Waals surface area contributed by atoms with Gasteiger partial charge in [-0.1, -0.05) is 12.8 Å². The van der Waals surface area contributed by atoms with Gasteiger partial charge in [-0.3, -0.25) is 4.90 Å². The number of likely N-dealkylation sites (tertiary alicyclic amines) is 1. The Morgan fingerprint density at radius 2 is 2.05 bits per heavy atom. The molecular formula is C17H28N2S. The van der Waals surface area contributed by atoms with Gasteiger partial charge in [-0.15, -0.1) is 0 Å². The highest BCUT2D eigenvalue weighted by Crippen LogP contribution is 2.34. The molecule has 0 amide bonds. The summed E-state index contributed by atoms with van der Waals surface area (Å²) < 4.78 is 0. The number of nitrogens with zero attached hydrogens (tertiary/aromatic N) is 1. The van der Waals surface area contributed by atoms with Gasteiger partial charge in [0.2, 0.25) is 0 Å². The molecule has 1 aromatic heterocycles. The van der Waals surface area contributed by atoms with Crippen LogP contribution in [0.1, 0.15) is 44.1 Å². The lowest BCUT2D eigenvalue weighted by Crippen LogP contribution is -2.48. The molecule has 20 heavy (non-hydrogen) atoms. The zero-order valence-electron chi connectivity index (χ0n) is 12.5. The van der Waals surface area contributed by atoms with Crippen LogP contribution in [0.3, 0.4) is 0 Å². The first-order valence-electron chi connectivity index (χ1n) is 8.39. The van der Waals surface area contributed by atoms with Crippen molar-refractivity contribution in [3.05, 3.63) is 22.4 Å². The summed E-state index contributed by atoms with van der Waals surface area (Å²) in [7, 11) is 0. The smallest absolute Gasteiger partial charge is 0.0124 e. The van der Waals surface area contributed by atoms with Crippen molar-refractivity contribution in [3.63, 3.8) is 0 Å². The molecule has 1 aliphatic carbocycles. The number of hydrogen-bond donors (Lipinski definition) is 1. The van der Waals surface area contributed by atoms with Crippen LogP contribution >= 0.6 is 11.3 Å². The third-order valence-corrected chi connectivity index (χ3v) is 5.84. The second kappa shape index (κ2) is 7.58. The van der Waals surface area contributed by atoms with Crippen LogP contribution in [0.5, 0.6) is 0 Å². The van der Waals surface area contributed by atoms with Gasteiger partial charge in [-0.2, -0.15) is 11.3 Å². The fraction of sp³-hybridized carbons (Fsp3) is 0.765. The van der Waals surface area contributed by atoms with Crippen LogP contribution < -0.4 is 5.32 Å². The molecule has 2 fully saturated rings. The SMILES string of the molecule is c1cc(CCNCCN2CCCC3CCCCC32)cs1. The molecule has 112 valence electrons. The molecule has 0 bridgehead atoms. The molecule has 2 unspecified atom stereocenters. The van der Waals surface area contributed by atoms with Crippen molar-refractivity contribution in [2.75, 3.05) is 26.2 Å². The second-order valence-corrected chi connectivity index (χ2v) is 7.20. The predicted molar refractivity (Wildman–Crippen MR) is 87.4 cm³/mol. The van der Waals surface area contributed by atoms with E-state index in [9.17, 15) is 0 Å². The largest absolute Gasteiger partial charge is 0.315 e. The lowest BCUT2D eigenvalue weighted by Gasteiger charge is -2.44. The van der Waals surface area contributed by atoms with Gasteiger partial charge in [0.05, 0.1) is 0 Å². The van der Waals surface area contributed by atoms with Crippen LogP contribution in [0, 0.1) is 5.92 Å². The van der Waals surface area contributed by atoms with E-state index in [2.05, 4.69) is 27.0 Å². The van der Waals surface area contributed by atoms with Crippen molar-refractivity contribution in [2.45, 2.75) is 51.0 Å². The Morgan fingerprint density at radius 3 is 2.95 bits per heavy atom. The Balaban J connectivity index is 1.35. The van der Waals surface area contributed by atoms with E-state index in [-0.39, 0.29) is 0 Å². The molecule has 1 N–H and O–H groups in total. The van der Waals surface area contributed by atoms with Gasteiger partial charge < -0.3 is 5.32 Å². The summed E-state index contributed by atoms with van der Waals surface area (Å²) in [5.41, 5.74) is 1.48. The Kier molecular flexibility index (Phi) is 5.51. The van der Waals surface area contributed by atoms with E-state index in [4.69, 9.17) is 0 Å². The van der Waals surface area contributed by atoms with E-state index >= 15 is 0 Å². The molecule has 1 saturated heterocycles. The van der Waals surface area contributed by atoms with E-state index in [1.807, 2.05) is 0 Å². The maximum absolute atomic E-state index is 3.63. The summed E-state index contributed by atoms with van der Waals surface area (Å²) in [5, 5.41) is 8.07.